The summed E-state index contributed by atoms with van der Waals surface area (Å²) in [5.41, 5.74) is 2.83. The van der Waals surface area contributed by atoms with Gasteiger partial charge >= 0.3 is 0 Å². The number of ether oxygens (including phenoxy) is 8. The monoisotopic (exact) mass is 1560 g/mol. The molecule has 0 bridgehead atoms. The van der Waals surface area contributed by atoms with Crippen LogP contribution in [0.15, 0.2) is 184 Å². The maximum absolute atomic E-state index is 11.9. The fourth-order valence-electron chi connectivity index (χ4n) is 8.57. The molecule has 0 atom stereocenters. The molecule has 520 valence electrons. The molecule has 0 amide bonds. The maximum atomic E-state index is 11.9. The van der Waals surface area contributed by atoms with Crippen LogP contribution >= 0.6 is 55.4 Å². The predicted molar refractivity (Wildman–Crippen MR) is 383 cm³/mol. The van der Waals surface area contributed by atoms with Gasteiger partial charge < -0.3 is 58.3 Å². The van der Waals surface area contributed by atoms with Crippen LogP contribution in [0.3, 0.4) is 0 Å². The summed E-state index contributed by atoms with van der Waals surface area (Å²) < 4.78 is 139. The molecule has 0 aromatic heterocycles. The normalized spacial score (nSPS) is 11.5. The van der Waals surface area contributed by atoms with Crippen molar-refractivity contribution < 1.29 is 71.6 Å². The Morgan fingerprint density at radius 1 is 0.365 bits per heavy atom. The molecule has 0 aliphatic heterocycles. The lowest BCUT2D eigenvalue weighted by Crippen LogP contribution is -2.16. The molecule has 96 heavy (non-hydrogen) atoms. The summed E-state index contributed by atoms with van der Waals surface area (Å²) >= 11 is 9.08. The maximum Gasteiger partial charge on any atom is 0.239 e. The van der Waals surface area contributed by atoms with Gasteiger partial charge in [0.15, 0.2) is 0 Å². The summed E-state index contributed by atoms with van der Waals surface area (Å²) in [6.07, 6.45) is 3.59. The van der Waals surface area contributed by atoms with Gasteiger partial charge in [0.05, 0.1) is 48.0 Å². The Balaban J connectivity index is 0.000000232. The minimum atomic E-state index is -3.83. The van der Waals surface area contributed by atoms with Gasteiger partial charge in [-0.2, -0.15) is 0 Å². The summed E-state index contributed by atoms with van der Waals surface area (Å²) in [4.78, 5) is 5.20. The Morgan fingerprint density at radius 2 is 0.583 bits per heavy atom. The highest BCUT2D eigenvalue weighted by Crippen LogP contribution is 2.39. The first-order chi connectivity index (χ1) is 45.2. The van der Waals surface area contributed by atoms with Crippen LogP contribution < -0.4 is 69.1 Å². The Kier molecular flexibility index (Phi) is 30.6. The van der Waals surface area contributed by atoms with E-state index in [-0.39, 0.29) is 19.6 Å². The highest BCUT2D eigenvalue weighted by molar-refractivity contribution is 9.10. The van der Waals surface area contributed by atoms with E-state index in [1.54, 1.807) is 189 Å². The highest BCUT2D eigenvalue weighted by atomic mass is 79.9. The van der Waals surface area contributed by atoms with Crippen LogP contribution in [0.1, 0.15) is 22.3 Å². The van der Waals surface area contributed by atoms with Crippen LogP contribution in [-0.4, -0.2) is 127 Å². The van der Waals surface area contributed by atoms with Crippen molar-refractivity contribution in [3.05, 3.63) is 177 Å². The summed E-state index contributed by atoms with van der Waals surface area (Å²) in [7, 11) is 2.21. The molecule has 0 spiro atoms. The molecule has 0 fully saturated rings. The Bertz CT molecular complexity index is 4380. The molecule has 24 nitrogen and oxygen atoms in total. The topological polar surface area (TPSA) is 345 Å². The molecular weight excluding hydrogens is 1490 g/mol. The molecule has 0 radical (unpaired) electrons. The molecule has 8 aromatic carbocycles. The van der Waals surface area contributed by atoms with E-state index in [0.717, 1.165) is 28.6 Å². The van der Waals surface area contributed by atoms with Gasteiger partial charge in [-0.1, -0.05) is 0 Å². The molecular formula is C64H78Br2N8O16S6. The van der Waals surface area contributed by atoms with Gasteiger partial charge in [0.1, 0.15) is 69.0 Å². The largest absolute Gasteiger partial charge is 0.497 e. The molecule has 0 saturated heterocycles. The third-order valence-electron chi connectivity index (χ3n) is 13.0. The number of primary sulfonamides is 4. The number of halogens is 2. The average Bonchev–Trinajstić information content (AvgIpc) is 0.822. The molecule has 8 rings (SSSR count). The zero-order chi connectivity index (χ0) is 71.3. The number of nitrogens with one attached hydrogen (secondary N) is 2. The van der Waals surface area contributed by atoms with Crippen molar-refractivity contribution in [2.45, 2.75) is 55.6 Å². The molecule has 0 heterocycles. The van der Waals surface area contributed by atoms with Crippen molar-refractivity contribution in [2.75, 3.05) is 83.2 Å². The summed E-state index contributed by atoms with van der Waals surface area (Å²) in [5, 5.41) is 27.1. The van der Waals surface area contributed by atoms with E-state index < -0.39 is 40.1 Å². The molecule has 10 N–H and O–H groups in total. The van der Waals surface area contributed by atoms with E-state index in [0.29, 0.717) is 108 Å². The number of methoxy groups -OCH3 is 4. The van der Waals surface area contributed by atoms with E-state index in [1.807, 2.05) is 38.0 Å². The van der Waals surface area contributed by atoms with Crippen molar-refractivity contribution in [3.63, 3.8) is 0 Å². The van der Waals surface area contributed by atoms with E-state index in [1.165, 1.54) is 35.7 Å². The summed E-state index contributed by atoms with van der Waals surface area (Å²) in [6, 6.07) is 41.3. The van der Waals surface area contributed by atoms with Crippen LogP contribution in [0.25, 0.3) is 0 Å². The van der Waals surface area contributed by atoms with Crippen molar-refractivity contribution >= 4 is 95.5 Å². The van der Waals surface area contributed by atoms with E-state index >= 15 is 0 Å². The van der Waals surface area contributed by atoms with Crippen LogP contribution in [0.2, 0.25) is 0 Å². The number of sulfonamides is 4. The third-order valence-corrected chi connectivity index (χ3v) is 20.5. The summed E-state index contributed by atoms with van der Waals surface area (Å²) in [6.45, 7) is 1.90. The first-order valence-corrected chi connectivity index (χ1v) is 38.4. The van der Waals surface area contributed by atoms with Gasteiger partial charge in [0, 0.05) is 67.2 Å². The second-order valence-electron chi connectivity index (χ2n) is 20.8. The lowest BCUT2D eigenvalue weighted by atomic mass is 10.2. The zero-order valence-corrected chi connectivity index (χ0v) is 62.7. The molecule has 0 unspecified atom stereocenters. The molecule has 8 aromatic rings. The van der Waals surface area contributed by atoms with E-state index in [9.17, 15) is 33.7 Å². The minimum Gasteiger partial charge on any atom is -0.497 e. The van der Waals surface area contributed by atoms with Crippen molar-refractivity contribution in [3.8, 4) is 69.0 Å². The van der Waals surface area contributed by atoms with Gasteiger partial charge in [-0.3, -0.25) is 0 Å². The number of thioether (sulfide) groups is 2. The van der Waals surface area contributed by atoms with Gasteiger partial charge in [-0.05, 0) is 232 Å². The standard InChI is InChI=1S/C17H22N2O4S2.C16H19BrN2O4S.C16H20N2O4S2.C15H17BrN2O4S/c1-19(2)11-12-9-17(25(18,20)21)16(24-4)10-15(12)23-14-7-5-13(22-3)6-8-14;1-19(2)10-11-8-16(24(18,20)21)14(17)9-15(11)23-13-6-4-12(22-3)5-7-13;1-18-10-11-8-16(24(17,19)20)15(23-3)9-14(11)22-13-6-4-12(21-2)5-7-13;1-18-9-10-7-15(23(17,19)20)13(16)8-14(10)22-12-5-3-11(21-2)4-6-12/h5-10H,11H2,1-4H3,(H2,18,20,21);4-9H,10H2,1-3H3,(H2,18,20,21);4-9,18H,10H2,1-3H3,(H2,17,19,20);3-8,18H,9H2,1-2H3,(H2,17,19,20). The number of hydrogen-bond donors (Lipinski definition) is 6. The van der Waals surface area contributed by atoms with Crippen LogP contribution in [0, 0.1) is 0 Å². The first kappa shape index (κ1) is 80.0. The van der Waals surface area contributed by atoms with E-state index in [2.05, 4.69) is 42.5 Å². The van der Waals surface area contributed by atoms with Gasteiger partial charge in [0.2, 0.25) is 40.1 Å². The van der Waals surface area contributed by atoms with Crippen molar-refractivity contribution in [1.29, 1.82) is 0 Å². The van der Waals surface area contributed by atoms with Gasteiger partial charge in [-0.25, -0.2) is 54.2 Å². The summed E-state index contributed by atoms with van der Waals surface area (Å²) in [5.74, 6) is 7.64. The number of hydrogen-bond acceptors (Lipinski definition) is 22. The molecule has 32 heteroatoms. The number of nitrogens with two attached hydrogens (primary N) is 4. The Hall–Kier alpha value is -6.70. The number of benzene rings is 8. The fourth-order valence-corrected chi connectivity index (χ4v) is 15.3. The lowest BCUT2D eigenvalue weighted by molar-refractivity contribution is 0.386. The van der Waals surface area contributed by atoms with Crippen LogP contribution in [-0.2, 0) is 66.3 Å². The molecule has 0 aliphatic rings. The smallest absolute Gasteiger partial charge is 0.239 e. The van der Waals surface area contributed by atoms with Gasteiger partial charge in [0.25, 0.3) is 0 Å². The fraction of sp³-hybridized carbons (Fsp3) is 0.250. The third kappa shape index (κ3) is 24.4. The number of rotatable bonds is 26. The van der Waals surface area contributed by atoms with E-state index in [4.69, 9.17) is 58.5 Å². The number of nitrogens with zero attached hydrogens (tertiary/aromatic N) is 2. The zero-order valence-electron chi connectivity index (χ0n) is 54.6. The second-order valence-corrected chi connectivity index (χ2v) is 30.4. The quantitative estimate of drug-likeness (QED) is 0.0274. The first-order valence-electron chi connectivity index (χ1n) is 28.2. The SMILES string of the molecule is CNCc1cc(S(N)(=O)=O)c(Br)cc1Oc1ccc(OC)cc1.CNCc1cc(S(N)(=O)=O)c(SC)cc1Oc1ccc(OC)cc1.COc1ccc(Oc2cc(Br)c(S(N)(=O)=O)cc2CN(C)C)cc1.COc1ccc(Oc2cc(SC)c(S(N)(=O)=O)cc2CN(C)C)cc1. The molecule has 0 saturated carbocycles. The van der Waals surface area contributed by atoms with Crippen molar-refractivity contribution in [2.24, 2.45) is 20.6 Å². The molecule has 0 aliphatic carbocycles. The lowest BCUT2D eigenvalue weighted by Gasteiger charge is -2.18. The van der Waals surface area contributed by atoms with Crippen LogP contribution in [0.5, 0.6) is 69.0 Å². The minimum absolute atomic E-state index is 0.0184. The second kappa shape index (κ2) is 36.8. The Morgan fingerprint density at radius 3 is 0.823 bits per heavy atom. The van der Waals surface area contributed by atoms with Gasteiger partial charge in [-0.15, -0.1) is 23.5 Å². The van der Waals surface area contributed by atoms with Crippen LogP contribution in [0.4, 0.5) is 0 Å². The predicted octanol–water partition coefficient (Wildman–Crippen LogP) is 11.1. The Labute approximate surface area is 588 Å². The average molecular weight is 1570 g/mol. The highest BCUT2D eigenvalue weighted by Gasteiger charge is 2.23. The van der Waals surface area contributed by atoms with Crippen molar-refractivity contribution in [1.82, 2.24) is 20.4 Å².